The minimum absolute atomic E-state index is 0.0756. The van der Waals surface area contributed by atoms with Crippen molar-refractivity contribution in [2.45, 2.75) is 26.4 Å². The molecule has 7 nitrogen and oxygen atoms in total. The van der Waals surface area contributed by atoms with Gasteiger partial charge in [0, 0.05) is 48.5 Å². The number of nitrogens with zero attached hydrogens (tertiary/aromatic N) is 2. The van der Waals surface area contributed by atoms with Crippen molar-refractivity contribution in [3.63, 3.8) is 0 Å². The van der Waals surface area contributed by atoms with Crippen LogP contribution < -0.4 is 15.0 Å². The van der Waals surface area contributed by atoms with Crippen molar-refractivity contribution in [3.05, 3.63) is 90.2 Å². The topological polar surface area (TPSA) is 75.0 Å². The van der Waals surface area contributed by atoms with Crippen LogP contribution in [0.4, 0.5) is 11.4 Å². The average Bonchev–Trinajstić information content (AvgIpc) is 3.38. The van der Waals surface area contributed by atoms with Gasteiger partial charge in [0.05, 0.1) is 6.10 Å². The number of hydrogen-bond donors (Lipinski definition) is 1. The van der Waals surface area contributed by atoms with Crippen molar-refractivity contribution in [2.75, 3.05) is 36.4 Å². The molecular weight excluding hydrogens is 466 g/mol. The average molecular weight is 498 g/mol. The predicted molar refractivity (Wildman–Crippen MR) is 146 cm³/mol. The lowest BCUT2D eigenvalue weighted by Gasteiger charge is -2.35. The highest BCUT2D eigenvalue weighted by molar-refractivity contribution is 6.04. The molecule has 1 fully saturated rings. The number of amides is 2. The van der Waals surface area contributed by atoms with Gasteiger partial charge >= 0.3 is 0 Å². The summed E-state index contributed by atoms with van der Waals surface area (Å²) in [5.74, 6) is 0.899. The van der Waals surface area contributed by atoms with Crippen LogP contribution in [-0.4, -0.2) is 49.0 Å². The summed E-state index contributed by atoms with van der Waals surface area (Å²) in [6.45, 7) is 6.77. The molecule has 0 radical (unpaired) electrons. The number of anilines is 2. The third-order valence-electron chi connectivity index (χ3n) is 6.72. The normalized spacial score (nSPS) is 14.4. The molecule has 0 saturated carbocycles. The van der Waals surface area contributed by atoms with Gasteiger partial charge in [-0.1, -0.05) is 25.1 Å². The Hall–Kier alpha value is -4.26. The molecule has 1 N–H and O–H groups in total. The second-order valence-corrected chi connectivity index (χ2v) is 9.29. The zero-order valence-corrected chi connectivity index (χ0v) is 21.1. The highest BCUT2D eigenvalue weighted by Gasteiger charge is 2.24. The zero-order valence-electron chi connectivity index (χ0n) is 21.1. The lowest BCUT2D eigenvalue weighted by Crippen LogP contribution is -2.48. The molecule has 4 aromatic rings. The van der Waals surface area contributed by atoms with Gasteiger partial charge in [0.2, 0.25) is 0 Å². The molecule has 1 atom stereocenters. The Bertz CT molecular complexity index is 1340. The van der Waals surface area contributed by atoms with Crippen molar-refractivity contribution in [2.24, 2.45) is 0 Å². The number of benzene rings is 3. The molecule has 5 rings (SSSR count). The number of nitrogens with one attached hydrogen (secondary N) is 1. The van der Waals surface area contributed by atoms with Crippen LogP contribution in [0.3, 0.4) is 0 Å². The summed E-state index contributed by atoms with van der Waals surface area (Å²) in [7, 11) is 0. The van der Waals surface area contributed by atoms with Gasteiger partial charge in [0.25, 0.3) is 11.8 Å². The maximum atomic E-state index is 12.9. The summed E-state index contributed by atoms with van der Waals surface area (Å²) >= 11 is 0. The van der Waals surface area contributed by atoms with Crippen LogP contribution in [0.15, 0.2) is 83.3 Å². The van der Waals surface area contributed by atoms with Gasteiger partial charge in [-0.15, -0.1) is 0 Å². The predicted octanol–water partition coefficient (Wildman–Crippen LogP) is 5.82. The van der Waals surface area contributed by atoms with E-state index in [9.17, 15) is 9.59 Å². The summed E-state index contributed by atoms with van der Waals surface area (Å²) in [6, 6.07) is 24.4. The maximum Gasteiger partial charge on any atom is 0.289 e. The van der Waals surface area contributed by atoms with Crippen molar-refractivity contribution in [1.82, 2.24) is 4.90 Å². The Kier molecular flexibility index (Phi) is 7.12. The minimum atomic E-state index is -0.166. The molecule has 7 heteroatoms. The number of ether oxygens (including phenoxy) is 1. The quantitative estimate of drug-likeness (QED) is 0.348. The molecule has 0 unspecified atom stereocenters. The van der Waals surface area contributed by atoms with Gasteiger partial charge in [-0.2, -0.15) is 0 Å². The standard InChI is InChI=1S/C30H31N3O4/c1-3-21(2)36-26-14-8-22(9-15-26)29(34)31-24-10-12-25(13-11-24)32-16-18-33(19-17-32)30(35)28-20-23-6-4-5-7-27(23)37-28/h4-15,20-21H,3,16-19H2,1-2H3,(H,31,34)/t21-/m1/s1. The van der Waals surface area contributed by atoms with E-state index < -0.39 is 0 Å². The Morgan fingerprint density at radius 3 is 2.32 bits per heavy atom. The van der Waals surface area contributed by atoms with Crippen molar-refractivity contribution in [1.29, 1.82) is 0 Å². The molecule has 1 saturated heterocycles. The fourth-order valence-electron chi connectivity index (χ4n) is 4.37. The second-order valence-electron chi connectivity index (χ2n) is 9.29. The first-order chi connectivity index (χ1) is 18.0. The first-order valence-corrected chi connectivity index (χ1v) is 12.7. The van der Waals surface area contributed by atoms with E-state index >= 15 is 0 Å². The molecule has 3 aromatic carbocycles. The molecule has 190 valence electrons. The number of para-hydroxylation sites is 1. The van der Waals surface area contributed by atoms with Gasteiger partial charge in [0.1, 0.15) is 11.3 Å². The molecule has 0 spiro atoms. The lowest BCUT2D eigenvalue weighted by atomic mass is 10.2. The third kappa shape index (κ3) is 5.61. The SMILES string of the molecule is CC[C@@H](C)Oc1ccc(C(=O)Nc2ccc(N3CCN(C(=O)c4cc5ccccc5o4)CC3)cc2)cc1. The van der Waals surface area contributed by atoms with Gasteiger partial charge in [-0.25, -0.2) is 0 Å². The van der Waals surface area contributed by atoms with Crippen molar-refractivity contribution in [3.8, 4) is 5.75 Å². The van der Waals surface area contributed by atoms with Crippen LogP contribution in [0.1, 0.15) is 41.2 Å². The first-order valence-electron chi connectivity index (χ1n) is 12.7. The number of carbonyl (C=O) groups excluding carboxylic acids is 2. The van der Waals surface area contributed by atoms with Crippen molar-refractivity contribution < 1.29 is 18.7 Å². The summed E-state index contributed by atoms with van der Waals surface area (Å²) in [5, 5.41) is 3.88. The third-order valence-corrected chi connectivity index (χ3v) is 6.72. The molecule has 0 aliphatic carbocycles. The van der Waals surface area contributed by atoms with Crippen LogP contribution in [0.5, 0.6) is 5.75 Å². The van der Waals surface area contributed by atoms with Crippen LogP contribution >= 0.6 is 0 Å². The molecule has 2 heterocycles. The van der Waals surface area contributed by atoms with Gasteiger partial charge < -0.3 is 24.3 Å². The fourth-order valence-corrected chi connectivity index (χ4v) is 4.37. The smallest absolute Gasteiger partial charge is 0.289 e. The van der Waals surface area contributed by atoms with E-state index in [-0.39, 0.29) is 17.9 Å². The number of rotatable bonds is 7. The summed E-state index contributed by atoms with van der Waals surface area (Å²) in [6.07, 6.45) is 1.06. The number of fused-ring (bicyclic) bond motifs is 1. The molecule has 37 heavy (non-hydrogen) atoms. The highest BCUT2D eigenvalue weighted by atomic mass is 16.5. The molecule has 1 aliphatic rings. The Labute approximate surface area is 216 Å². The number of furan rings is 1. The fraction of sp³-hybridized carbons (Fsp3) is 0.267. The van der Waals surface area contributed by atoms with Crippen LogP contribution in [0.25, 0.3) is 11.0 Å². The summed E-state index contributed by atoms with van der Waals surface area (Å²) in [5.41, 5.74) is 3.09. The van der Waals surface area contributed by atoms with E-state index in [1.54, 1.807) is 12.1 Å². The van der Waals surface area contributed by atoms with Gasteiger partial charge in [-0.3, -0.25) is 9.59 Å². The molecule has 0 bridgehead atoms. The summed E-state index contributed by atoms with van der Waals surface area (Å²) < 4.78 is 11.5. The van der Waals surface area contributed by atoms with E-state index in [0.29, 0.717) is 24.4 Å². The monoisotopic (exact) mass is 497 g/mol. The van der Waals surface area contributed by atoms with E-state index in [4.69, 9.17) is 9.15 Å². The molecule has 2 amide bonds. The van der Waals surface area contributed by atoms with E-state index in [1.807, 2.05) is 78.6 Å². The van der Waals surface area contributed by atoms with Gasteiger partial charge in [-0.05, 0) is 74.0 Å². The Balaban J connectivity index is 1.14. The first kappa shape index (κ1) is 24.4. The van der Waals surface area contributed by atoms with E-state index in [1.165, 1.54) is 0 Å². The van der Waals surface area contributed by atoms with Crippen LogP contribution in [-0.2, 0) is 0 Å². The molecular formula is C30H31N3O4. The summed E-state index contributed by atoms with van der Waals surface area (Å²) in [4.78, 5) is 29.7. The molecule has 1 aromatic heterocycles. The Morgan fingerprint density at radius 2 is 1.65 bits per heavy atom. The van der Waals surface area contributed by atoms with Gasteiger partial charge in [0.15, 0.2) is 5.76 Å². The van der Waals surface area contributed by atoms with E-state index in [2.05, 4.69) is 17.1 Å². The van der Waals surface area contributed by atoms with Crippen LogP contribution in [0, 0.1) is 0 Å². The van der Waals surface area contributed by atoms with Crippen molar-refractivity contribution >= 4 is 34.2 Å². The molecule has 1 aliphatic heterocycles. The maximum absolute atomic E-state index is 12.9. The zero-order chi connectivity index (χ0) is 25.8. The number of piperazine rings is 1. The second kappa shape index (κ2) is 10.8. The Morgan fingerprint density at radius 1 is 0.946 bits per heavy atom. The highest BCUT2D eigenvalue weighted by Crippen LogP contribution is 2.23. The lowest BCUT2D eigenvalue weighted by molar-refractivity contribution is 0.0717. The number of hydrogen-bond acceptors (Lipinski definition) is 5. The van der Waals surface area contributed by atoms with Crippen LogP contribution in [0.2, 0.25) is 0 Å². The minimum Gasteiger partial charge on any atom is -0.491 e. The largest absolute Gasteiger partial charge is 0.491 e. The number of carbonyl (C=O) groups is 2. The van der Waals surface area contributed by atoms with E-state index in [0.717, 1.165) is 47.6 Å².